The molecule has 0 radical (unpaired) electrons. The highest BCUT2D eigenvalue weighted by Gasteiger charge is 2.41. The molecule has 0 unspecified atom stereocenters. The van der Waals surface area contributed by atoms with Crippen molar-refractivity contribution in [2.24, 2.45) is 0 Å². The third-order valence-electron chi connectivity index (χ3n) is 4.60. The second kappa shape index (κ2) is 7.70. The van der Waals surface area contributed by atoms with Gasteiger partial charge < -0.3 is 0 Å². The SMILES string of the molecule is C[C@@H](c1ccc(Cl)cc1)N(C1CC1)S(=O)(=O)c1ccc(S(=O)(=O)C(F)F)cc1. The maximum atomic E-state index is 13.2. The van der Waals surface area contributed by atoms with Gasteiger partial charge in [-0.05, 0) is 61.7 Å². The number of rotatable bonds is 7. The summed E-state index contributed by atoms with van der Waals surface area (Å²) in [5.74, 6) is -3.57. The predicted octanol–water partition coefficient (Wildman–Crippen LogP) is 4.25. The van der Waals surface area contributed by atoms with E-state index in [1.165, 1.54) is 4.31 Å². The van der Waals surface area contributed by atoms with Gasteiger partial charge >= 0.3 is 5.76 Å². The Morgan fingerprint density at radius 1 is 0.929 bits per heavy atom. The van der Waals surface area contributed by atoms with Crippen LogP contribution in [0, 0.1) is 0 Å². The summed E-state index contributed by atoms with van der Waals surface area (Å²) in [7, 11) is -8.74. The van der Waals surface area contributed by atoms with Crippen molar-refractivity contribution in [1.29, 1.82) is 0 Å². The molecule has 0 saturated heterocycles. The standard InChI is InChI=1S/C18H18ClF2NO4S2/c1-12(13-2-4-14(19)5-3-13)22(15-6-7-15)28(25,26)17-10-8-16(9-11-17)27(23,24)18(20)21/h2-5,8-12,15,18H,6-7H2,1H3/t12-/m0/s1. The molecule has 1 fully saturated rings. The lowest BCUT2D eigenvalue weighted by molar-refractivity contribution is 0.234. The van der Waals surface area contributed by atoms with Crippen molar-refractivity contribution in [3.63, 3.8) is 0 Å². The van der Waals surface area contributed by atoms with E-state index in [9.17, 15) is 25.6 Å². The molecule has 0 N–H and O–H groups in total. The van der Waals surface area contributed by atoms with Gasteiger partial charge in [-0.1, -0.05) is 23.7 Å². The second-order valence-electron chi connectivity index (χ2n) is 6.57. The zero-order valence-electron chi connectivity index (χ0n) is 14.8. The molecule has 0 aromatic heterocycles. The van der Waals surface area contributed by atoms with Crippen molar-refractivity contribution in [2.45, 2.75) is 47.4 Å². The first-order valence-electron chi connectivity index (χ1n) is 8.46. The number of halogens is 3. The van der Waals surface area contributed by atoms with Crippen molar-refractivity contribution >= 4 is 31.5 Å². The zero-order valence-corrected chi connectivity index (χ0v) is 17.2. The van der Waals surface area contributed by atoms with Crippen LogP contribution in [0.3, 0.4) is 0 Å². The van der Waals surface area contributed by atoms with Crippen LogP contribution >= 0.6 is 11.6 Å². The average molecular weight is 450 g/mol. The molecule has 1 aliphatic rings. The van der Waals surface area contributed by atoms with Crippen molar-refractivity contribution < 1.29 is 25.6 Å². The summed E-state index contributed by atoms with van der Waals surface area (Å²) in [4.78, 5) is -0.765. The molecule has 28 heavy (non-hydrogen) atoms. The van der Waals surface area contributed by atoms with E-state index in [1.807, 2.05) is 0 Å². The van der Waals surface area contributed by atoms with Crippen LogP contribution in [-0.4, -0.2) is 32.9 Å². The normalized spacial score (nSPS) is 16.5. The van der Waals surface area contributed by atoms with E-state index in [2.05, 4.69) is 0 Å². The molecule has 0 heterocycles. The van der Waals surface area contributed by atoms with E-state index in [-0.39, 0.29) is 10.9 Å². The van der Waals surface area contributed by atoms with Gasteiger partial charge in [-0.2, -0.15) is 13.1 Å². The molecule has 1 aliphatic carbocycles. The van der Waals surface area contributed by atoms with E-state index in [1.54, 1.807) is 31.2 Å². The van der Waals surface area contributed by atoms with Gasteiger partial charge in [0.15, 0.2) is 0 Å². The molecule has 2 aromatic carbocycles. The van der Waals surface area contributed by atoms with E-state index < -0.39 is 36.6 Å². The molecule has 2 aromatic rings. The molecular weight excluding hydrogens is 432 g/mol. The van der Waals surface area contributed by atoms with Crippen LogP contribution in [0.2, 0.25) is 5.02 Å². The molecule has 10 heteroatoms. The summed E-state index contributed by atoms with van der Waals surface area (Å²) in [5, 5.41) is 0.535. The first-order valence-corrected chi connectivity index (χ1v) is 11.8. The highest BCUT2D eigenvalue weighted by molar-refractivity contribution is 7.91. The Hall–Kier alpha value is -1.55. The number of sulfone groups is 1. The van der Waals surface area contributed by atoms with Gasteiger partial charge in [0.1, 0.15) is 0 Å². The molecule has 152 valence electrons. The first-order chi connectivity index (χ1) is 13.0. The van der Waals surface area contributed by atoms with Crippen molar-refractivity contribution in [3.05, 3.63) is 59.1 Å². The summed E-state index contributed by atoms with van der Waals surface area (Å²) in [5.41, 5.74) is 0.761. The minimum Gasteiger partial charge on any atom is -0.218 e. The maximum absolute atomic E-state index is 13.2. The van der Waals surface area contributed by atoms with Crippen LogP contribution in [0.4, 0.5) is 8.78 Å². The highest BCUT2D eigenvalue weighted by atomic mass is 35.5. The largest absolute Gasteiger partial charge is 0.341 e. The Kier molecular flexibility index (Phi) is 5.82. The summed E-state index contributed by atoms with van der Waals surface area (Å²) >= 11 is 5.90. The number of hydrogen-bond donors (Lipinski definition) is 0. The predicted molar refractivity (Wildman–Crippen MR) is 102 cm³/mol. The van der Waals surface area contributed by atoms with Gasteiger partial charge in [0.05, 0.1) is 9.79 Å². The molecule has 1 saturated carbocycles. The molecule has 0 aliphatic heterocycles. The Labute approximate surface area is 167 Å². The van der Waals surface area contributed by atoms with Crippen LogP contribution < -0.4 is 0 Å². The Morgan fingerprint density at radius 2 is 1.43 bits per heavy atom. The fourth-order valence-corrected chi connectivity index (χ4v) is 5.68. The molecule has 0 bridgehead atoms. The fraction of sp³-hybridized carbons (Fsp3) is 0.333. The molecule has 0 spiro atoms. The molecular formula is C18H18ClF2NO4S2. The zero-order chi connectivity index (χ0) is 20.7. The maximum Gasteiger partial charge on any atom is 0.341 e. The molecule has 3 rings (SSSR count). The minimum absolute atomic E-state index is 0.145. The van der Waals surface area contributed by atoms with E-state index in [0.717, 1.165) is 42.7 Å². The van der Waals surface area contributed by atoms with Gasteiger partial charge in [0.25, 0.3) is 0 Å². The van der Waals surface area contributed by atoms with Gasteiger partial charge in [-0.15, -0.1) is 0 Å². The minimum atomic E-state index is -4.78. The van der Waals surface area contributed by atoms with Crippen molar-refractivity contribution in [3.8, 4) is 0 Å². The van der Waals surface area contributed by atoms with Gasteiger partial charge in [-0.25, -0.2) is 16.8 Å². The summed E-state index contributed by atoms with van der Waals surface area (Å²) in [6, 6.07) is 10.1. The summed E-state index contributed by atoms with van der Waals surface area (Å²) < 4.78 is 76.2. The molecule has 5 nitrogen and oxygen atoms in total. The van der Waals surface area contributed by atoms with E-state index >= 15 is 0 Å². The number of nitrogens with zero attached hydrogens (tertiary/aromatic N) is 1. The van der Waals surface area contributed by atoms with Crippen LogP contribution in [0.5, 0.6) is 0 Å². The Morgan fingerprint density at radius 3 is 1.89 bits per heavy atom. The third-order valence-corrected chi connectivity index (χ3v) is 8.29. The van der Waals surface area contributed by atoms with Crippen LogP contribution in [0.15, 0.2) is 58.3 Å². The summed E-state index contributed by atoms with van der Waals surface area (Å²) in [6.45, 7) is 1.76. The number of benzene rings is 2. The molecule has 1 atom stereocenters. The highest BCUT2D eigenvalue weighted by Crippen LogP contribution is 2.39. The van der Waals surface area contributed by atoms with Crippen LogP contribution in [0.1, 0.15) is 31.4 Å². The quantitative estimate of drug-likeness (QED) is 0.633. The lowest BCUT2D eigenvalue weighted by Crippen LogP contribution is -2.35. The number of sulfonamides is 1. The van der Waals surface area contributed by atoms with Gasteiger partial charge in [0, 0.05) is 17.1 Å². The number of alkyl halides is 2. The monoisotopic (exact) mass is 449 g/mol. The molecule has 0 amide bonds. The fourth-order valence-electron chi connectivity index (χ4n) is 2.96. The second-order valence-corrected chi connectivity index (χ2v) is 10.8. The van der Waals surface area contributed by atoms with E-state index in [4.69, 9.17) is 11.6 Å². The van der Waals surface area contributed by atoms with Crippen molar-refractivity contribution in [2.75, 3.05) is 0 Å². The average Bonchev–Trinajstić information content (AvgIpc) is 3.47. The van der Waals surface area contributed by atoms with Crippen molar-refractivity contribution in [1.82, 2.24) is 4.31 Å². The van der Waals surface area contributed by atoms with Crippen LogP contribution in [0.25, 0.3) is 0 Å². The lowest BCUT2D eigenvalue weighted by Gasteiger charge is -2.29. The van der Waals surface area contributed by atoms with Crippen LogP contribution in [-0.2, 0) is 19.9 Å². The lowest BCUT2D eigenvalue weighted by atomic mass is 10.1. The summed E-state index contributed by atoms with van der Waals surface area (Å²) in [6.07, 6.45) is 1.43. The third kappa shape index (κ3) is 4.07. The first kappa shape index (κ1) is 21.2. The Balaban J connectivity index is 1.96. The van der Waals surface area contributed by atoms with Gasteiger partial charge in [0.2, 0.25) is 19.9 Å². The smallest absolute Gasteiger partial charge is 0.218 e. The Bertz CT molecular complexity index is 1050. The van der Waals surface area contributed by atoms with Gasteiger partial charge in [-0.3, -0.25) is 0 Å². The van der Waals surface area contributed by atoms with E-state index in [0.29, 0.717) is 5.02 Å². The topological polar surface area (TPSA) is 71.5 Å². The number of hydrogen-bond acceptors (Lipinski definition) is 4.